The van der Waals surface area contributed by atoms with Gasteiger partial charge >= 0.3 is 6.61 Å². The summed E-state index contributed by atoms with van der Waals surface area (Å²) in [4.78, 5) is 16.7. The lowest BCUT2D eigenvalue weighted by Crippen LogP contribution is -2.15. The first kappa shape index (κ1) is 16.8. The molecule has 0 saturated heterocycles. The number of amides is 1. The highest BCUT2D eigenvalue weighted by Gasteiger charge is 2.18. The van der Waals surface area contributed by atoms with Gasteiger partial charge in [0.2, 0.25) is 0 Å². The molecular formula is C16H11BrF2N2O2S. The maximum absolute atomic E-state index is 12.5. The standard InChI is InChI=1S/C16H11BrF2N2O2S/c1-8-2-4-11-13(6-8)24-16(20-11)21-14(22)10-7-9(17)3-5-12(10)23-15(18)19/h2-7,15H,1H3,(H,20,21,22). The van der Waals surface area contributed by atoms with Crippen LogP contribution < -0.4 is 10.1 Å². The number of hydrogen-bond donors (Lipinski definition) is 1. The first-order valence-corrected chi connectivity index (χ1v) is 8.46. The van der Waals surface area contributed by atoms with Crippen molar-refractivity contribution >= 4 is 48.5 Å². The highest BCUT2D eigenvalue weighted by Crippen LogP contribution is 2.29. The average Bonchev–Trinajstić information content (AvgIpc) is 2.89. The topological polar surface area (TPSA) is 51.2 Å². The molecule has 3 rings (SSSR count). The molecule has 0 spiro atoms. The largest absolute Gasteiger partial charge is 0.434 e. The van der Waals surface area contributed by atoms with Crippen molar-refractivity contribution in [2.75, 3.05) is 5.32 Å². The van der Waals surface area contributed by atoms with Gasteiger partial charge in [0.15, 0.2) is 5.13 Å². The summed E-state index contributed by atoms with van der Waals surface area (Å²) in [6.07, 6.45) is 0. The van der Waals surface area contributed by atoms with Crippen LogP contribution >= 0.6 is 27.3 Å². The number of benzene rings is 2. The summed E-state index contributed by atoms with van der Waals surface area (Å²) in [7, 11) is 0. The van der Waals surface area contributed by atoms with E-state index in [1.807, 2.05) is 25.1 Å². The number of ether oxygens (including phenoxy) is 1. The molecule has 1 amide bonds. The van der Waals surface area contributed by atoms with Crippen LogP contribution in [0.1, 0.15) is 15.9 Å². The van der Waals surface area contributed by atoms with Crippen molar-refractivity contribution in [2.24, 2.45) is 0 Å². The highest BCUT2D eigenvalue weighted by molar-refractivity contribution is 9.10. The number of nitrogens with zero attached hydrogens (tertiary/aromatic N) is 1. The fourth-order valence-electron chi connectivity index (χ4n) is 2.13. The minimum atomic E-state index is -3.01. The Morgan fingerprint density at radius 3 is 2.83 bits per heavy atom. The molecular weight excluding hydrogens is 402 g/mol. The molecule has 124 valence electrons. The lowest BCUT2D eigenvalue weighted by Gasteiger charge is -2.10. The lowest BCUT2D eigenvalue weighted by molar-refractivity contribution is -0.0501. The monoisotopic (exact) mass is 412 g/mol. The Morgan fingerprint density at radius 1 is 1.29 bits per heavy atom. The smallest absolute Gasteiger partial charge is 0.387 e. The Labute approximate surface area is 148 Å². The van der Waals surface area contributed by atoms with E-state index in [1.165, 1.54) is 29.5 Å². The normalized spacial score (nSPS) is 11.0. The summed E-state index contributed by atoms with van der Waals surface area (Å²) in [6.45, 7) is -1.05. The number of nitrogens with one attached hydrogen (secondary N) is 1. The van der Waals surface area contributed by atoms with Gasteiger partial charge in [0.1, 0.15) is 5.75 Å². The van der Waals surface area contributed by atoms with E-state index in [0.717, 1.165) is 15.8 Å². The first-order chi connectivity index (χ1) is 11.4. The lowest BCUT2D eigenvalue weighted by atomic mass is 10.2. The summed E-state index contributed by atoms with van der Waals surface area (Å²) in [5.74, 6) is -0.759. The van der Waals surface area contributed by atoms with Crippen molar-refractivity contribution in [3.05, 3.63) is 52.0 Å². The Kier molecular flexibility index (Phi) is 4.77. The number of aromatic nitrogens is 1. The molecule has 1 heterocycles. The van der Waals surface area contributed by atoms with Gasteiger partial charge in [0.05, 0.1) is 15.8 Å². The van der Waals surface area contributed by atoms with Crippen LogP contribution in [0, 0.1) is 6.92 Å². The zero-order chi connectivity index (χ0) is 17.3. The average molecular weight is 413 g/mol. The summed E-state index contributed by atoms with van der Waals surface area (Å²) in [6, 6.07) is 10.0. The van der Waals surface area contributed by atoms with Crippen molar-refractivity contribution in [3.63, 3.8) is 0 Å². The second-order valence-corrected chi connectivity index (χ2v) is 6.91. The molecule has 4 nitrogen and oxygen atoms in total. The molecule has 3 aromatic rings. The Balaban J connectivity index is 1.89. The van der Waals surface area contributed by atoms with Gasteiger partial charge in [-0.05, 0) is 42.8 Å². The SMILES string of the molecule is Cc1ccc2nc(NC(=O)c3cc(Br)ccc3OC(F)F)sc2c1. The van der Waals surface area contributed by atoms with E-state index in [1.54, 1.807) is 0 Å². The number of carbonyl (C=O) groups excluding carboxylic acids is 1. The number of aryl methyl sites for hydroxylation is 1. The van der Waals surface area contributed by atoms with Gasteiger partial charge in [-0.2, -0.15) is 8.78 Å². The van der Waals surface area contributed by atoms with Gasteiger partial charge in [-0.3, -0.25) is 10.1 Å². The van der Waals surface area contributed by atoms with Crippen molar-refractivity contribution in [3.8, 4) is 5.75 Å². The summed E-state index contributed by atoms with van der Waals surface area (Å²) in [5, 5.41) is 3.02. The predicted molar refractivity (Wildman–Crippen MR) is 93.1 cm³/mol. The quantitative estimate of drug-likeness (QED) is 0.638. The molecule has 0 radical (unpaired) electrons. The molecule has 24 heavy (non-hydrogen) atoms. The van der Waals surface area contributed by atoms with Crippen LogP contribution in [0.5, 0.6) is 5.75 Å². The van der Waals surface area contributed by atoms with Crippen molar-refractivity contribution in [1.29, 1.82) is 0 Å². The Morgan fingerprint density at radius 2 is 2.08 bits per heavy atom. The molecule has 0 unspecified atom stereocenters. The Bertz CT molecular complexity index is 914. The van der Waals surface area contributed by atoms with Crippen molar-refractivity contribution < 1.29 is 18.3 Å². The fourth-order valence-corrected chi connectivity index (χ4v) is 3.45. The van der Waals surface area contributed by atoms with E-state index in [4.69, 9.17) is 0 Å². The molecule has 0 aliphatic heterocycles. The zero-order valence-electron chi connectivity index (χ0n) is 12.3. The van der Waals surface area contributed by atoms with E-state index < -0.39 is 12.5 Å². The second kappa shape index (κ2) is 6.82. The molecule has 1 aromatic heterocycles. The number of alkyl halides is 2. The highest BCUT2D eigenvalue weighted by atomic mass is 79.9. The third-order valence-corrected chi connectivity index (χ3v) is 4.59. The van der Waals surface area contributed by atoms with Crippen LogP contribution in [0.4, 0.5) is 13.9 Å². The third kappa shape index (κ3) is 3.70. The number of halogens is 3. The van der Waals surface area contributed by atoms with Gasteiger partial charge in [0, 0.05) is 4.47 Å². The number of carbonyl (C=O) groups is 1. The van der Waals surface area contributed by atoms with E-state index in [9.17, 15) is 13.6 Å². The fraction of sp³-hybridized carbons (Fsp3) is 0.125. The summed E-state index contributed by atoms with van der Waals surface area (Å²) >= 11 is 4.53. The van der Waals surface area contributed by atoms with Gasteiger partial charge in [-0.1, -0.05) is 33.3 Å². The molecule has 2 aromatic carbocycles. The maximum Gasteiger partial charge on any atom is 0.387 e. The molecule has 0 fully saturated rings. The van der Waals surface area contributed by atoms with Crippen LogP contribution in [0.15, 0.2) is 40.9 Å². The molecule has 0 saturated carbocycles. The number of rotatable bonds is 4. The van der Waals surface area contributed by atoms with E-state index >= 15 is 0 Å². The third-order valence-electron chi connectivity index (χ3n) is 3.17. The minimum Gasteiger partial charge on any atom is -0.434 e. The molecule has 1 N–H and O–H groups in total. The zero-order valence-corrected chi connectivity index (χ0v) is 14.7. The van der Waals surface area contributed by atoms with E-state index in [-0.39, 0.29) is 11.3 Å². The van der Waals surface area contributed by atoms with Gasteiger partial charge in [-0.15, -0.1) is 0 Å². The molecule has 0 bridgehead atoms. The number of hydrogen-bond acceptors (Lipinski definition) is 4. The number of anilines is 1. The second-order valence-electron chi connectivity index (χ2n) is 4.96. The van der Waals surface area contributed by atoms with Gasteiger partial charge < -0.3 is 4.74 Å². The molecule has 8 heteroatoms. The number of thiazole rings is 1. The van der Waals surface area contributed by atoms with Crippen LogP contribution in [-0.2, 0) is 0 Å². The maximum atomic E-state index is 12.5. The number of fused-ring (bicyclic) bond motifs is 1. The van der Waals surface area contributed by atoms with Crippen LogP contribution in [0.2, 0.25) is 0 Å². The molecule has 0 aliphatic carbocycles. The summed E-state index contributed by atoms with van der Waals surface area (Å²) in [5.41, 5.74) is 1.85. The van der Waals surface area contributed by atoms with Crippen LogP contribution in [-0.4, -0.2) is 17.5 Å². The van der Waals surface area contributed by atoms with Crippen molar-refractivity contribution in [2.45, 2.75) is 13.5 Å². The van der Waals surface area contributed by atoms with Crippen LogP contribution in [0.25, 0.3) is 10.2 Å². The van der Waals surface area contributed by atoms with Crippen LogP contribution in [0.3, 0.4) is 0 Å². The predicted octanol–water partition coefficient (Wildman–Crippen LogP) is 5.22. The van der Waals surface area contributed by atoms with Crippen molar-refractivity contribution in [1.82, 2.24) is 4.98 Å². The molecule has 0 aliphatic rings. The van der Waals surface area contributed by atoms with E-state index in [0.29, 0.717) is 9.60 Å². The first-order valence-electron chi connectivity index (χ1n) is 6.85. The van der Waals surface area contributed by atoms with E-state index in [2.05, 4.69) is 31.0 Å². The Hall–Kier alpha value is -2.06. The summed E-state index contributed by atoms with van der Waals surface area (Å²) < 4.78 is 30.9. The van der Waals surface area contributed by atoms with Gasteiger partial charge in [0.25, 0.3) is 5.91 Å². The molecule has 0 atom stereocenters. The van der Waals surface area contributed by atoms with Gasteiger partial charge in [-0.25, -0.2) is 4.98 Å². The minimum absolute atomic E-state index is 0.000103.